The van der Waals surface area contributed by atoms with E-state index in [0.29, 0.717) is 21.9 Å². The molecule has 1 aliphatic rings. The highest BCUT2D eigenvalue weighted by atomic mass is 32.2. The van der Waals surface area contributed by atoms with E-state index < -0.39 is 10.0 Å². The Bertz CT molecular complexity index is 740. The van der Waals surface area contributed by atoms with Crippen LogP contribution in [0.3, 0.4) is 0 Å². The van der Waals surface area contributed by atoms with E-state index in [9.17, 15) is 8.42 Å². The molecule has 0 aliphatic heterocycles. The van der Waals surface area contributed by atoms with Gasteiger partial charge in [0.05, 0.1) is 4.90 Å². The average Bonchev–Trinajstić information content (AvgIpc) is 3.02. The first-order valence-corrected chi connectivity index (χ1v) is 7.76. The number of hydrogen-bond acceptors (Lipinski definition) is 3. The summed E-state index contributed by atoms with van der Waals surface area (Å²) in [5.74, 6) is 0.431. The van der Waals surface area contributed by atoms with Crippen LogP contribution >= 0.6 is 0 Å². The van der Waals surface area contributed by atoms with Crippen LogP contribution in [-0.2, 0) is 10.0 Å². The van der Waals surface area contributed by atoms with Gasteiger partial charge in [-0.25, -0.2) is 13.1 Å². The second kappa shape index (κ2) is 4.21. The molecule has 2 aromatic carbocycles. The molecular formula is C14H16N2O2S. The number of nitrogen functional groups attached to an aromatic ring is 1. The SMILES string of the molecule is CC1CC1NS(=O)(=O)c1cccc2cc(N)ccc12. The summed E-state index contributed by atoms with van der Waals surface area (Å²) < 4.78 is 27.5. The predicted molar refractivity (Wildman–Crippen MR) is 76.3 cm³/mol. The minimum atomic E-state index is -3.46. The Kier molecular flexibility index (Phi) is 2.76. The van der Waals surface area contributed by atoms with E-state index >= 15 is 0 Å². The van der Waals surface area contributed by atoms with Gasteiger partial charge in [-0.3, -0.25) is 0 Å². The van der Waals surface area contributed by atoms with Crippen molar-refractivity contribution in [2.45, 2.75) is 24.3 Å². The number of sulfonamides is 1. The first-order valence-electron chi connectivity index (χ1n) is 6.28. The lowest BCUT2D eigenvalue weighted by atomic mass is 10.1. The van der Waals surface area contributed by atoms with Gasteiger partial charge in [-0.05, 0) is 35.9 Å². The molecular weight excluding hydrogens is 260 g/mol. The summed E-state index contributed by atoms with van der Waals surface area (Å²) >= 11 is 0. The van der Waals surface area contributed by atoms with E-state index in [1.54, 1.807) is 30.3 Å². The first-order chi connectivity index (χ1) is 8.97. The maximum Gasteiger partial charge on any atom is 0.241 e. The highest BCUT2D eigenvalue weighted by Gasteiger charge is 2.36. The van der Waals surface area contributed by atoms with Crippen molar-refractivity contribution in [3.63, 3.8) is 0 Å². The fourth-order valence-electron chi connectivity index (χ4n) is 2.26. The van der Waals surface area contributed by atoms with Gasteiger partial charge in [0.15, 0.2) is 0 Å². The molecule has 3 N–H and O–H groups in total. The van der Waals surface area contributed by atoms with Crippen LogP contribution in [0.4, 0.5) is 5.69 Å². The van der Waals surface area contributed by atoms with E-state index in [0.717, 1.165) is 11.8 Å². The Morgan fingerprint density at radius 2 is 2.00 bits per heavy atom. The Hall–Kier alpha value is -1.59. The number of nitrogens with two attached hydrogens (primary N) is 1. The van der Waals surface area contributed by atoms with E-state index in [1.165, 1.54) is 0 Å². The van der Waals surface area contributed by atoms with Crippen molar-refractivity contribution in [1.29, 1.82) is 0 Å². The van der Waals surface area contributed by atoms with Crippen molar-refractivity contribution in [1.82, 2.24) is 4.72 Å². The van der Waals surface area contributed by atoms with Gasteiger partial charge in [-0.15, -0.1) is 0 Å². The third kappa shape index (κ3) is 2.31. The second-order valence-electron chi connectivity index (χ2n) is 5.18. The molecule has 2 unspecified atom stereocenters. The fraction of sp³-hybridized carbons (Fsp3) is 0.286. The molecule has 0 radical (unpaired) electrons. The van der Waals surface area contributed by atoms with E-state index in [-0.39, 0.29) is 6.04 Å². The molecule has 2 atom stereocenters. The standard InChI is InChI=1S/C14H16N2O2S/c1-9-7-13(9)16-19(17,18)14-4-2-3-10-8-11(15)5-6-12(10)14/h2-6,8-9,13,16H,7,15H2,1H3. The van der Waals surface area contributed by atoms with Crippen LogP contribution in [0, 0.1) is 5.92 Å². The van der Waals surface area contributed by atoms with Crippen LogP contribution < -0.4 is 10.5 Å². The quantitative estimate of drug-likeness (QED) is 0.843. The molecule has 0 bridgehead atoms. The van der Waals surface area contributed by atoms with Crippen LogP contribution in [0.15, 0.2) is 41.3 Å². The van der Waals surface area contributed by atoms with Gasteiger partial charge >= 0.3 is 0 Å². The van der Waals surface area contributed by atoms with Crippen LogP contribution in [0.25, 0.3) is 10.8 Å². The van der Waals surface area contributed by atoms with Gasteiger partial charge in [-0.2, -0.15) is 0 Å². The Morgan fingerprint density at radius 3 is 2.68 bits per heavy atom. The summed E-state index contributed by atoms with van der Waals surface area (Å²) in [6.07, 6.45) is 0.914. The topological polar surface area (TPSA) is 72.2 Å². The van der Waals surface area contributed by atoms with Gasteiger partial charge in [0.2, 0.25) is 10.0 Å². The zero-order valence-corrected chi connectivity index (χ0v) is 11.4. The van der Waals surface area contributed by atoms with Gasteiger partial charge < -0.3 is 5.73 Å². The molecule has 100 valence electrons. The summed E-state index contributed by atoms with van der Waals surface area (Å²) in [7, 11) is -3.46. The maximum absolute atomic E-state index is 12.4. The van der Waals surface area contributed by atoms with Crippen molar-refractivity contribution in [3.05, 3.63) is 36.4 Å². The summed E-state index contributed by atoms with van der Waals surface area (Å²) in [6, 6.07) is 10.6. The lowest BCUT2D eigenvalue weighted by Gasteiger charge is -2.09. The number of nitrogens with one attached hydrogen (secondary N) is 1. The largest absolute Gasteiger partial charge is 0.399 e. The Balaban J connectivity index is 2.09. The molecule has 1 saturated carbocycles. The number of benzene rings is 2. The third-order valence-electron chi connectivity index (χ3n) is 3.57. The normalized spacial score (nSPS) is 22.6. The molecule has 0 saturated heterocycles. The van der Waals surface area contributed by atoms with Crippen molar-refractivity contribution in [2.24, 2.45) is 5.92 Å². The van der Waals surface area contributed by atoms with Crippen LogP contribution in [-0.4, -0.2) is 14.5 Å². The molecule has 1 aliphatic carbocycles. The van der Waals surface area contributed by atoms with Gasteiger partial charge in [0.25, 0.3) is 0 Å². The number of rotatable bonds is 3. The molecule has 5 heteroatoms. The summed E-state index contributed by atoms with van der Waals surface area (Å²) in [5, 5.41) is 1.55. The highest BCUT2D eigenvalue weighted by molar-refractivity contribution is 7.89. The molecule has 0 heterocycles. The maximum atomic E-state index is 12.4. The summed E-state index contributed by atoms with van der Waals surface area (Å²) in [5.41, 5.74) is 6.36. The van der Waals surface area contributed by atoms with Gasteiger partial charge in [0.1, 0.15) is 0 Å². The first kappa shape index (κ1) is 12.4. The molecule has 2 aromatic rings. The summed E-state index contributed by atoms with van der Waals surface area (Å²) in [4.78, 5) is 0.323. The van der Waals surface area contributed by atoms with Crippen molar-refractivity contribution in [2.75, 3.05) is 5.73 Å². The fourth-order valence-corrected chi connectivity index (χ4v) is 3.84. The van der Waals surface area contributed by atoms with Crippen molar-refractivity contribution < 1.29 is 8.42 Å². The van der Waals surface area contributed by atoms with Crippen LogP contribution in [0.5, 0.6) is 0 Å². The lowest BCUT2D eigenvalue weighted by molar-refractivity contribution is 0.579. The molecule has 4 nitrogen and oxygen atoms in total. The minimum Gasteiger partial charge on any atom is -0.399 e. The third-order valence-corrected chi connectivity index (χ3v) is 5.12. The monoisotopic (exact) mass is 276 g/mol. The minimum absolute atomic E-state index is 0.0778. The predicted octanol–water partition coefficient (Wildman–Crippen LogP) is 2.11. The lowest BCUT2D eigenvalue weighted by Crippen LogP contribution is -2.27. The molecule has 3 rings (SSSR count). The number of anilines is 1. The molecule has 0 amide bonds. The van der Waals surface area contributed by atoms with E-state index in [2.05, 4.69) is 4.72 Å². The van der Waals surface area contributed by atoms with Crippen molar-refractivity contribution in [3.8, 4) is 0 Å². The summed E-state index contributed by atoms with van der Waals surface area (Å²) in [6.45, 7) is 2.04. The highest BCUT2D eigenvalue weighted by Crippen LogP contribution is 2.32. The molecule has 1 fully saturated rings. The van der Waals surface area contributed by atoms with Crippen LogP contribution in [0.1, 0.15) is 13.3 Å². The Morgan fingerprint density at radius 1 is 1.26 bits per heavy atom. The Labute approximate surface area is 112 Å². The molecule has 0 spiro atoms. The smallest absolute Gasteiger partial charge is 0.241 e. The van der Waals surface area contributed by atoms with Gasteiger partial charge in [-0.1, -0.05) is 25.1 Å². The second-order valence-corrected chi connectivity index (χ2v) is 6.86. The molecule has 0 aromatic heterocycles. The molecule has 19 heavy (non-hydrogen) atoms. The van der Waals surface area contributed by atoms with E-state index in [4.69, 9.17) is 5.73 Å². The van der Waals surface area contributed by atoms with Crippen molar-refractivity contribution >= 4 is 26.5 Å². The van der Waals surface area contributed by atoms with Crippen LogP contribution in [0.2, 0.25) is 0 Å². The number of fused-ring (bicyclic) bond motifs is 1. The zero-order chi connectivity index (χ0) is 13.6. The number of hydrogen-bond donors (Lipinski definition) is 2. The van der Waals surface area contributed by atoms with Gasteiger partial charge in [0, 0.05) is 17.1 Å². The zero-order valence-electron chi connectivity index (χ0n) is 10.6. The van der Waals surface area contributed by atoms with E-state index in [1.807, 2.05) is 13.0 Å². The average molecular weight is 276 g/mol.